The van der Waals surface area contributed by atoms with Crippen LogP contribution in [0.3, 0.4) is 0 Å². The van der Waals surface area contributed by atoms with Crippen LogP contribution in [0.25, 0.3) is 0 Å². The molecule has 156 valence electrons. The van der Waals surface area contributed by atoms with Crippen molar-refractivity contribution in [3.8, 4) is 0 Å². The van der Waals surface area contributed by atoms with E-state index in [1.54, 1.807) is 0 Å². The van der Waals surface area contributed by atoms with Crippen molar-refractivity contribution in [2.45, 2.75) is 26.1 Å². The number of rotatable bonds is 7. The number of benzene rings is 1. The van der Waals surface area contributed by atoms with Gasteiger partial charge in [0, 0.05) is 43.7 Å². The van der Waals surface area contributed by atoms with Crippen LogP contribution < -0.4 is 15.5 Å². The van der Waals surface area contributed by atoms with Crippen molar-refractivity contribution in [1.82, 2.24) is 15.6 Å². The molecule has 0 atom stereocenters. The van der Waals surface area contributed by atoms with Crippen molar-refractivity contribution in [3.05, 3.63) is 58.1 Å². The monoisotopic (exact) mass is 423 g/mol. The van der Waals surface area contributed by atoms with Crippen LogP contribution in [0.5, 0.6) is 0 Å². The molecular formula is C20H24F3N5S. The van der Waals surface area contributed by atoms with Gasteiger partial charge in [0.2, 0.25) is 0 Å². The molecule has 2 N–H and O–H groups in total. The van der Waals surface area contributed by atoms with Crippen LogP contribution in [0.15, 0.2) is 46.8 Å². The molecule has 0 radical (unpaired) electrons. The normalized spacial score (nSPS) is 14.5. The largest absolute Gasteiger partial charge is 0.434 e. The Kier molecular flexibility index (Phi) is 7.13. The summed E-state index contributed by atoms with van der Waals surface area (Å²) in [6.07, 6.45) is 0.327. The molecule has 3 rings (SSSR count). The van der Waals surface area contributed by atoms with Gasteiger partial charge in [0.1, 0.15) is 0 Å². The number of anilines is 1. The molecule has 2 aromatic rings. The molecule has 0 fully saturated rings. The Balaban J connectivity index is 1.50. The smallest absolute Gasteiger partial charge is 0.364 e. The van der Waals surface area contributed by atoms with Gasteiger partial charge < -0.3 is 15.5 Å². The van der Waals surface area contributed by atoms with Gasteiger partial charge in [-0.25, -0.2) is 9.98 Å². The van der Waals surface area contributed by atoms with Crippen LogP contribution in [-0.4, -0.2) is 37.1 Å². The predicted octanol–water partition coefficient (Wildman–Crippen LogP) is 3.84. The molecule has 2 heterocycles. The third-order valence-corrected chi connectivity index (χ3v) is 5.27. The summed E-state index contributed by atoms with van der Waals surface area (Å²) in [5.74, 6) is 0.632. The Labute approximate surface area is 172 Å². The molecular weight excluding hydrogens is 399 g/mol. The molecule has 9 heteroatoms. The second-order valence-electron chi connectivity index (χ2n) is 6.54. The maximum Gasteiger partial charge on any atom is 0.434 e. The number of nitrogens with zero attached hydrogens (tertiary/aromatic N) is 3. The molecule has 1 aliphatic heterocycles. The molecule has 0 amide bonds. The molecule has 1 aromatic heterocycles. The standard InChI is InChI=1S/C20H24F3N5S/c1-2-24-19(25-10-9-18-27-17(14-29-18)20(21,22)23)26-13-15-5-7-16(8-6-15)28-11-3-4-12-28/h3-8,14H,2,9-13H2,1H3,(H2,24,25,26). The van der Waals surface area contributed by atoms with Crippen molar-refractivity contribution in [1.29, 1.82) is 0 Å². The fraction of sp³-hybridized carbons (Fsp3) is 0.400. The summed E-state index contributed by atoms with van der Waals surface area (Å²) in [7, 11) is 0. The molecule has 0 unspecified atom stereocenters. The third kappa shape index (κ3) is 6.22. The van der Waals surface area contributed by atoms with E-state index in [4.69, 9.17) is 0 Å². The summed E-state index contributed by atoms with van der Waals surface area (Å²) in [6.45, 7) is 5.51. The van der Waals surface area contributed by atoms with Gasteiger partial charge in [-0.3, -0.25) is 0 Å². The average Bonchev–Trinajstić information content (AvgIpc) is 3.38. The highest BCUT2D eigenvalue weighted by Gasteiger charge is 2.33. The van der Waals surface area contributed by atoms with E-state index in [0.717, 1.165) is 35.4 Å². The van der Waals surface area contributed by atoms with Crippen LogP contribution >= 0.6 is 11.3 Å². The van der Waals surface area contributed by atoms with Crippen molar-refractivity contribution < 1.29 is 13.2 Å². The predicted molar refractivity (Wildman–Crippen MR) is 111 cm³/mol. The Morgan fingerprint density at radius 1 is 1.17 bits per heavy atom. The number of hydrogen-bond donors (Lipinski definition) is 2. The highest BCUT2D eigenvalue weighted by molar-refractivity contribution is 7.09. The lowest BCUT2D eigenvalue weighted by atomic mass is 10.2. The molecule has 0 spiro atoms. The highest BCUT2D eigenvalue weighted by Crippen LogP contribution is 2.30. The first-order valence-corrected chi connectivity index (χ1v) is 10.4. The zero-order chi connectivity index (χ0) is 20.7. The van der Waals surface area contributed by atoms with Crippen molar-refractivity contribution in [3.63, 3.8) is 0 Å². The van der Waals surface area contributed by atoms with Gasteiger partial charge in [-0.2, -0.15) is 13.2 Å². The lowest BCUT2D eigenvalue weighted by Gasteiger charge is -2.17. The van der Waals surface area contributed by atoms with E-state index in [9.17, 15) is 13.2 Å². The van der Waals surface area contributed by atoms with E-state index in [2.05, 4.69) is 61.9 Å². The summed E-state index contributed by atoms with van der Waals surface area (Å²) in [5.41, 5.74) is 1.45. The van der Waals surface area contributed by atoms with Crippen molar-refractivity contribution in [2.75, 3.05) is 31.1 Å². The van der Waals surface area contributed by atoms with E-state index >= 15 is 0 Å². The van der Waals surface area contributed by atoms with Gasteiger partial charge >= 0.3 is 6.18 Å². The molecule has 29 heavy (non-hydrogen) atoms. The number of aliphatic imine (C=N–C) groups is 1. The molecule has 1 aromatic carbocycles. The van der Waals surface area contributed by atoms with Crippen molar-refractivity contribution in [2.24, 2.45) is 4.99 Å². The third-order valence-electron chi connectivity index (χ3n) is 4.36. The van der Waals surface area contributed by atoms with Crippen LogP contribution in [0.4, 0.5) is 18.9 Å². The zero-order valence-electron chi connectivity index (χ0n) is 16.2. The van der Waals surface area contributed by atoms with Gasteiger partial charge in [-0.15, -0.1) is 11.3 Å². The molecule has 5 nitrogen and oxygen atoms in total. The number of guanidine groups is 1. The Bertz CT molecular complexity index is 835. The van der Waals surface area contributed by atoms with E-state index in [0.29, 0.717) is 37.0 Å². The lowest BCUT2D eigenvalue weighted by molar-refractivity contribution is -0.140. The van der Waals surface area contributed by atoms with Crippen LogP contribution in [0.2, 0.25) is 0 Å². The molecule has 0 saturated heterocycles. The maximum absolute atomic E-state index is 12.6. The molecule has 0 bridgehead atoms. The Morgan fingerprint density at radius 3 is 2.52 bits per heavy atom. The second kappa shape index (κ2) is 9.78. The number of hydrogen-bond acceptors (Lipinski definition) is 4. The van der Waals surface area contributed by atoms with Crippen LogP contribution in [-0.2, 0) is 19.1 Å². The fourth-order valence-corrected chi connectivity index (χ4v) is 3.66. The number of halogens is 3. The summed E-state index contributed by atoms with van der Waals surface area (Å²) >= 11 is 1.02. The quantitative estimate of drug-likeness (QED) is 0.404. The summed E-state index contributed by atoms with van der Waals surface area (Å²) in [4.78, 5) is 10.5. The molecule has 1 aliphatic rings. The average molecular weight is 424 g/mol. The number of aromatic nitrogens is 1. The van der Waals surface area contributed by atoms with Crippen molar-refractivity contribution >= 4 is 23.0 Å². The minimum Gasteiger partial charge on any atom is -0.364 e. The summed E-state index contributed by atoms with van der Waals surface area (Å²) in [6, 6.07) is 8.32. The lowest BCUT2D eigenvalue weighted by Crippen LogP contribution is -2.38. The van der Waals surface area contributed by atoms with Gasteiger partial charge in [-0.05, 0) is 24.6 Å². The number of alkyl halides is 3. The molecule has 0 saturated carbocycles. The minimum atomic E-state index is -4.39. The topological polar surface area (TPSA) is 52.6 Å². The minimum absolute atomic E-state index is 0.406. The fourth-order valence-electron chi connectivity index (χ4n) is 2.86. The first-order valence-electron chi connectivity index (χ1n) is 9.48. The van der Waals surface area contributed by atoms with Gasteiger partial charge in [0.25, 0.3) is 0 Å². The van der Waals surface area contributed by atoms with E-state index in [1.165, 1.54) is 5.69 Å². The van der Waals surface area contributed by atoms with E-state index < -0.39 is 11.9 Å². The van der Waals surface area contributed by atoms with E-state index in [-0.39, 0.29) is 0 Å². The zero-order valence-corrected chi connectivity index (χ0v) is 17.0. The first kappa shape index (κ1) is 21.2. The Morgan fingerprint density at radius 2 is 1.90 bits per heavy atom. The maximum atomic E-state index is 12.6. The Hall–Kier alpha value is -2.55. The molecule has 0 aliphatic carbocycles. The van der Waals surface area contributed by atoms with Gasteiger partial charge in [0.05, 0.1) is 11.6 Å². The second-order valence-corrected chi connectivity index (χ2v) is 7.48. The highest BCUT2D eigenvalue weighted by atomic mass is 32.1. The summed E-state index contributed by atoms with van der Waals surface area (Å²) in [5, 5.41) is 7.81. The first-order chi connectivity index (χ1) is 14.0. The van der Waals surface area contributed by atoms with Crippen LogP contribution in [0, 0.1) is 0 Å². The van der Waals surface area contributed by atoms with Gasteiger partial charge in [0.15, 0.2) is 11.7 Å². The van der Waals surface area contributed by atoms with E-state index in [1.807, 2.05) is 6.92 Å². The van der Waals surface area contributed by atoms with Gasteiger partial charge in [-0.1, -0.05) is 24.3 Å². The number of thiazole rings is 1. The SMILES string of the molecule is CCNC(=NCc1ccc(N2CC=CC2)cc1)NCCc1nc(C(F)(F)F)cs1. The number of nitrogens with one attached hydrogen (secondary N) is 2. The summed E-state index contributed by atoms with van der Waals surface area (Å²) < 4.78 is 37.9. The van der Waals surface area contributed by atoms with Crippen LogP contribution in [0.1, 0.15) is 23.2 Å².